The molecule has 0 saturated heterocycles. The summed E-state index contributed by atoms with van der Waals surface area (Å²) in [5.74, 6) is -0.118. The van der Waals surface area contributed by atoms with Crippen LogP contribution in [0.25, 0.3) is 0 Å². The van der Waals surface area contributed by atoms with Crippen molar-refractivity contribution in [1.29, 1.82) is 0 Å². The first-order chi connectivity index (χ1) is 9.00. The van der Waals surface area contributed by atoms with Gasteiger partial charge in [-0.25, -0.2) is 9.78 Å². The predicted octanol–water partition coefficient (Wildman–Crippen LogP) is 3.16. The molecule has 0 bridgehead atoms. The zero-order valence-corrected chi connectivity index (χ0v) is 12.4. The first-order valence-corrected chi connectivity index (χ1v) is 7.84. The third-order valence-electron chi connectivity index (χ3n) is 4.23. The van der Waals surface area contributed by atoms with Gasteiger partial charge in [0.1, 0.15) is 9.88 Å². The number of nitrogens with zero attached hydrogens (tertiary/aromatic N) is 1. The standard InChI is InChI=1S/C14H22N2O2S/c1-3-9-5-7-14(15,8-6-9)13-16-10(4-2)11(19-13)12(17)18/h9H,3-8,15H2,1-2H3,(H,17,18). The normalized spacial score (nSPS) is 27.4. The Morgan fingerprint density at radius 1 is 1.47 bits per heavy atom. The van der Waals surface area contributed by atoms with Crippen molar-refractivity contribution in [3.8, 4) is 0 Å². The zero-order valence-electron chi connectivity index (χ0n) is 11.6. The van der Waals surface area contributed by atoms with Crippen molar-refractivity contribution < 1.29 is 9.90 Å². The van der Waals surface area contributed by atoms with Crippen molar-refractivity contribution in [2.75, 3.05) is 0 Å². The van der Waals surface area contributed by atoms with E-state index in [0.717, 1.165) is 36.6 Å². The molecule has 106 valence electrons. The molecule has 5 heteroatoms. The monoisotopic (exact) mass is 282 g/mol. The fraction of sp³-hybridized carbons (Fsp3) is 0.714. The third-order valence-corrected chi connectivity index (χ3v) is 5.53. The second-order valence-electron chi connectivity index (χ2n) is 5.46. The largest absolute Gasteiger partial charge is 0.477 e. The van der Waals surface area contributed by atoms with Crippen molar-refractivity contribution in [1.82, 2.24) is 4.98 Å². The van der Waals surface area contributed by atoms with Crippen LogP contribution >= 0.6 is 11.3 Å². The van der Waals surface area contributed by atoms with Gasteiger partial charge in [0, 0.05) is 0 Å². The Balaban J connectivity index is 2.24. The minimum atomic E-state index is -0.883. The number of hydrogen-bond acceptors (Lipinski definition) is 4. The molecule has 2 rings (SSSR count). The first kappa shape index (κ1) is 14.5. The predicted molar refractivity (Wildman–Crippen MR) is 76.6 cm³/mol. The van der Waals surface area contributed by atoms with Gasteiger partial charge in [-0.3, -0.25) is 0 Å². The molecule has 1 fully saturated rings. The molecule has 0 radical (unpaired) electrons. The summed E-state index contributed by atoms with van der Waals surface area (Å²) in [7, 11) is 0. The number of thiazole rings is 1. The fourth-order valence-corrected chi connectivity index (χ4v) is 3.94. The van der Waals surface area contributed by atoms with Crippen LogP contribution in [0.5, 0.6) is 0 Å². The summed E-state index contributed by atoms with van der Waals surface area (Å²) < 4.78 is 0. The first-order valence-electron chi connectivity index (χ1n) is 7.02. The number of aromatic carboxylic acids is 1. The van der Waals surface area contributed by atoms with Crippen LogP contribution in [0.3, 0.4) is 0 Å². The van der Waals surface area contributed by atoms with Crippen molar-refractivity contribution >= 4 is 17.3 Å². The van der Waals surface area contributed by atoms with E-state index in [0.29, 0.717) is 17.0 Å². The number of carbonyl (C=O) groups is 1. The Hall–Kier alpha value is -0.940. The summed E-state index contributed by atoms with van der Waals surface area (Å²) in [6.45, 7) is 4.15. The Kier molecular flexibility index (Phi) is 4.26. The maximum absolute atomic E-state index is 11.2. The molecule has 0 spiro atoms. The van der Waals surface area contributed by atoms with Gasteiger partial charge in [0.2, 0.25) is 0 Å². The lowest BCUT2D eigenvalue weighted by Gasteiger charge is -2.35. The summed E-state index contributed by atoms with van der Waals surface area (Å²) in [6, 6.07) is 0. The van der Waals surface area contributed by atoms with Crippen LogP contribution in [0.15, 0.2) is 0 Å². The topological polar surface area (TPSA) is 76.2 Å². The summed E-state index contributed by atoms with van der Waals surface area (Å²) in [4.78, 5) is 16.1. The molecule has 0 aliphatic heterocycles. The minimum Gasteiger partial charge on any atom is -0.477 e. The highest BCUT2D eigenvalue weighted by molar-refractivity contribution is 7.13. The van der Waals surface area contributed by atoms with E-state index in [4.69, 9.17) is 5.73 Å². The van der Waals surface area contributed by atoms with E-state index in [2.05, 4.69) is 11.9 Å². The van der Waals surface area contributed by atoms with Gasteiger partial charge in [-0.1, -0.05) is 20.3 Å². The molecule has 1 aliphatic carbocycles. The van der Waals surface area contributed by atoms with Crippen LogP contribution in [-0.4, -0.2) is 16.1 Å². The molecule has 0 amide bonds. The molecule has 0 unspecified atom stereocenters. The van der Waals surface area contributed by atoms with Crippen LogP contribution < -0.4 is 5.73 Å². The summed E-state index contributed by atoms with van der Waals surface area (Å²) >= 11 is 1.27. The Morgan fingerprint density at radius 2 is 2.11 bits per heavy atom. The third kappa shape index (κ3) is 2.82. The van der Waals surface area contributed by atoms with Crippen LogP contribution in [0, 0.1) is 5.92 Å². The molecule has 4 nitrogen and oxygen atoms in total. The highest BCUT2D eigenvalue weighted by atomic mass is 32.1. The Morgan fingerprint density at radius 3 is 2.53 bits per heavy atom. The molecule has 1 aliphatic rings. The molecule has 1 saturated carbocycles. The molecule has 19 heavy (non-hydrogen) atoms. The number of aromatic nitrogens is 1. The van der Waals surface area contributed by atoms with Crippen molar-refractivity contribution in [3.05, 3.63) is 15.6 Å². The second-order valence-corrected chi connectivity index (χ2v) is 6.46. The molecular formula is C14H22N2O2S. The average Bonchev–Trinajstić information content (AvgIpc) is 2.84. The average molecular weight is 282 g/mol. The SMILES string of the molecule is CCc1nc(C2(N)CCC(CC)CC2)sc1C(=O)O. The van der Waals surface area contributed by atoms with E-state index >= 15 is 0 Å². The van der Waals surface area contributed by atoms with Crippen LogP contribution in [0.1, 0.15) is 66.3 Å². The zero-order chi connectivity index (χ0) is 14.0. The van der Waals surface area contributed by atoms with Gasteiger partial charge in [0.25, 0.3) is 0 Å². The Bertz CT molecular complexity index is 462. The van der Waals surface area contributed by atoms with Crippen molar-refractivity contribution in [3.63, 3.8) is 0 Å². The molecular weight excluding hydrogens is 260 g/mol. The maximum Gasteiger partial charge on any atom is 0.347 e. The van der Waals surface area contributed by atoms with E-state index < -0.39 is 11.5 Å². The van der Waals surface area contributed by atoms with Crippen molar-refractivity contribution in [2.24, 2.45) is 11.7 Å². The van der Waals surface area contributed by atoms with E-state index in [-0.39, 0.29) is 0 Å². The van der Waals surface area contributed by atoms with E-state index in [1.807, 2.05) is 6.92 Å². The highest BCUT2D eigenvalue weighted by Gasteiger charge is 2.36. The van der Waals surface area contributed by atoms with E-state index in [9.17, 15) is 9.90 Å². The van der Waals surface area contributed by atoms with Gasteiger partial charge in [-0.05, 0) is 38.0 Å². The van der Waals surface area contributed by atoms with Crippen LogP contribution in [0.2, 0.25) is 0 Å². The number of aryl methyl sites for hydroxylation is 1. The van der Waals surface area contributed by atoms with Gasteiger partial charge >= 0.3 is 5.97 Å². The number of hydrogen-bond donors (Lipinski definition) is 2. The van der Waals surface area contributed by atoms with E-state index in [1.54, 1.807) is 0 Å². The van der Waals surface area contributed by atoms with Gasteiger partial charge < -0.3 is 10.8 Å². The lowest BCUT2D eigenvalue weighted by Crippen LogP contribution is -2.40. The van der Waals surface area contributed by atoms with Gasteiger partial charge in [-0.15, -0.1) is 11.3 Å². The Labute approximate surface area is 118 Å². The number of rotatable bonds is 4. The lowest BCUT2D eigenvalue weighted by molar-refractivity contribution is 0.0701. The van der Waals surface area contributed by atoms with E-state index in [1.165, 1.54) is 17.8 Å². The summed E-state index contributed by atoms with van der Waals surface area (Å²) in [6.07, 6.45) is 5.93. The van der Waals surface area contributed by atoms with Gasteiger partial charge in [0.15, 0.2) is 0 Å². The molecule has 0 atom stereocenters. The van der Waals surface area contributed by atoms with Crippen LogP contribution in [-0.2, 0) is 12.0 Å². The number of carboxylic acid groups (broad SMARTS) is 1. The molecule has 0 aromatic carbocycles. The van der Waals surface area contributed by atoms with Gasteiger partial charge in [0.05, 0.1) is 11.2 Å². The summed E-state index contributed by atoms with van der Waals surface area (Å²) in [5.41, 5.74) is 6.76. The highest BCUT2D eigenvalue weighted by Crippen LogP contribution is 2.40. The molecule has 1 aromatic heterocycles. The summed E-state index contributed by atoms with van der Waals surface area (Å²) in [5, 5.41) is 10.0. The quantitative estimate of drug-likeness (QED) is 0.889. The van der Waals surface area contributed by atoms with Crippen molar-refractivity contribution in [2.45, 2.75) is 57.9 Å². The maximum atomic E-state index is 11.2. The number of carboxylic acids is 1. The second kappa shape index (κ2) is 5.59. The minimum absolute atomic E-state index is 0.361. The lowest BCUT2D eigenvalue weighted by atomic mass is 9.76. The van der Waals surface area contributed by atoms with Crippen LogP contribution in [0.4, 0.5) is 0 Å². The number of nitrogens with two attached hydrogens (primary N) is 1. The molecule has 3 N–H and O–H groups in total. The molecule has 1 heterocycles. The molecule has 1 aromatic rings. The fourth-order valence-electron chi connectivity index (χ4n) is 2.79. The smallest absolute Gasteiger partial charge is 0.347 e. The van der Waals surface area contributed by atoms with Gasteiger partial charge in [-0.2, -0.15) is 0 Å².